The molecular weight excluding hydrogens is 342 g/mol. The Morgan fingerprint density at radius 1 is 1.33 bits per heavy atom. The molecule has 0 amide bonds. The fraction of sp³-hybridized carbons (Fsp3) is 0.353. The van der Waals surface area contributed by atoms with Crippen LogP contribution < -0.4 is 0 Å². The molecule has 2 aliphatic rings. The van der Waals surface area contributed by atoms with Crippen molar-refractivity contribution in [2.45, 2.75) is 20.3 Å². The lowest BCUT2D eigenvalue weighted by atomic mass is 10.2. The number of aryl methyl sites for hydroxylation is 1. The van der Waals surface area contributed by atoms with E-state index in [0.717, 1.165) is 63.9 Å². The van der Waals surface area contributed by atoms with Gasteiger partial charge in [0.2, 0.25) is 0 Å². The van der Waals surface area contributed by atoms with Crippen molar-refractivity contribution in [3.8, 4) is 5.69 Å². The average Bonchev–Trinajstić information content (AvgIpc) is 3.02. The highest BCUT2D eigenvalue weighted by molar-refractivity contribution is 8.13. The number of halogens is 1. The summed E-state index contributed by atoms with van der Waals surface area (Å²) in [6.45, 7) is 5.95. The molecule has 24 heavy (non-hydrogen) atoms. The normalized spacial score (nSPS) is 16.4. The minimum Gasteiger partial charge on any atom is -0.305 e. The van der Waals surface area contributed by atoms with Crippen molar-refractivity contribution >= 4 is 40.2 Å². The molecule has 1 aromatic heterocycles. The summed E-state index contributed by atoms with van der Waals surface area (Å²) in [7, 11) is 0. The van der Waals surface area contributed by atoms with E-state index in [1.807, 2.05) is 36.0 Å². The maximum atomic E-state index is 6.29. The fourth-order valence-corrected chi connectivity index (χ4v) is 3.84. The van der Waals surface area contributed by atoms with Crippen LogP contribution in [0.3, 0.4) is 0 Å². The van der Waals surface area contributed by atoms with Crippen LogP contribution in [0, 0.1) is 6.92 Å². The summed E-state index contributed by atoms with van der Waals surface area (Å²) in [6, 6.07) is 5.96. The summed E-state index contributed by atoms with van der Waals surface area (Å²) in [6.07, 6.45) is 2.92. The number of rotatable bonds is 2. The molecule has 0 spiro atoms. The average molecular weight is 360 g/mol. The lowest BCUT2D eigenvalue weighted by Crippen LogP contribution is -2.41. The van der Waals surface area contributed by atoms with E-state index in [-0.39, 0.29) is 0 Å². The summed E-state index contributed by atoms with van der Waals surface area (Å²) >= 11 is 8.03. The number of hydrogen-bond donors (Lipinski definition) is 0. The summed E-state index contributed by atoms with van der Waals surface area (Å²) in [5.41, 5.74) is 2.96. The zero-order valence-electron chi connectivity index (χ0n) is 13.7. The van der Waals surface area contributed by atoms with Crippen molar-refractivity contribution in [1.29, 1.82) is 0 Å². The van der Waals surface area contributed by atoms with Crippen molar-refractivity contribution in [3.05, 3.63) is 40.5 Å². The molecule has 0 atom stereocenters. The first-order chi connectivity index (χ1) is 11.7. The second-order valence-corrected chi connectivity index (χ2v) is 7.40. The summed E-state index contributed by atoms with van der Waals surface area (Å²) in [5.74, 6) is 2.80. The molecule has 2 aliphatic heterocycles. The molecule has 3 heterocycles. The molecule has 5 nitrogen and oxygen atoms in total. The lowest BCUT2D eigenvalue weighted by Gasteiger charge is -2.32. The Morgan fingerprint density at radius 2 is 2.21 bits per heavy atom. The SMILES string of the molecule is CCSC1=Nc2c(cnn2-c2ccc(C)c(Cl)c2)C2=NCCCN12. The minimum absolute atomic E-state index is 0.733. The third kappa shape index (κ3) is 2.54. The maximum absolute atomic E-state index is 6.29. The minimum atomic E-state index is 0.733. The number of benzene rings is 1. The Bertz CT molecular complexity index is 855. The molecule has 0 aliphatic carbocycles. The number of aliphatic imine (C=N–C) groups is 2. The molecule has 0 saturated heterocycles. The van der Waals surface area contributed by atoms with Crippen molar-refractivity contribution in [2.75, 3.05) is 18.8 Å². The third-order valence-corrected chi connectivity index (χ3v) is 5.41. The van der Waals surface area contributed by atoms with Gasteiger partial charge in [0, 0.05) is 18.1 Å². The second kappa shape index (κ2) is 6.26. The third-order valence-electron chi connectivity index (χ3n) is 4.15. The molecule has 7 heteroatoms. The van der Waals surface area contributed by atoms with Crippen molar-refractivity contribution in [3.63, 3.8) is 0 Å². The van der Waals surface area contributed by atoms with E-state index in [1.54, 1.807) is 11.8 Å². The smallest absolute Gasteiger partial charge is 0.171 e. The van der Waals surface area contributed by atoms with E-state index >= 15 is 0 Å². The second-order valence-electron chi connectivity index (χ2n) is 5.77. The Labute approximate surface area is 150 Å². The summed E-state index contributed by atoms with van der Waals surface area (Å²) in [4.78, 5) is 11.8. The number of fused-ring (bicyclic) bond motifs is 3. The largest absolute Gasteiger partial charge is 0.305 e. The molecule has 0 saturated carbocycles. The van der Waals surface area contributed by atoms with Crippen LogP contribution in [0.5, 0.6) is 0 Å². The molecule has 1 aromatic carbocycles. The van der Waals surface area contributed by atoms with Gasteiger partial charge < -0.3 is 4.90 Å². The van der Waals surface area contributed by atoms with E-state index in [1.165, 1.54) is 0 Å². The molecule has 2 aromatic rings. The number of aromatic nitrogens is 2. The summed E-state index contributed by atoms with van der Waals surface area (Å²) in [5, 5.41) is 6.29. The predicted octanol–water partition coefficient (Wildman–Crippen LogP) is 4.04. The Morgan fingerprint density at radius 3 is 3.00 bits per heavy atom. The maximum Gasteiger partial charge on any atom is 0.171 e. The molecule has 4 rings (SSSR count). The van der Waals surface area contributed by atoms with E-state index < -0.39 is 0 Å². The number of amidine groups is 2. The molecule has 0 fully saturated rings. The van der Waals surface area contributed by atoms with Crippen LogP contribution in [-0.4, -0.2) is 44.5 Å². The van der Waals surface area contributed by atoms with Crippen LogP contribution in [0.15, 0.2) is 34.4 Å². The zero-order valence-corrected chi connectivity index (χ0v) is 15.2. The Hall–Kier alpha value is -1.79. The van der Waals surface area contributed by atoms with Gasteiger partial charge in [-0.3, -0.25) is 4.99 Å². The lowest BCUT2D eigenvalue weighted by molar-refractivity contribution is 0.554. The van der Waals surface area contributed by atoms with E-state index in [0.29, 0.717) is 0 Å². The molecule has 0 unspecified atom stereocenters. The first-order valence-corrected chi connectivity index (χ1v) is 9.44. The van der Waals surface area contributed by atoms with Gasteiger partial charge in [0.15, 0.2) is 11.0 Å². The van der Waals surface area contributed by atoms with Gasteiger partial charge in [0.1, 0.15) is 5.84 Å². The highest BCUT2D eigenvalue weighted by Crippen LogP contribution is 2.33. The highest BCUT2D eigenvalue weighted by atomic mass is 35.5. The van der Waals surface area contributed by atoms with Crippen molar-refractivity contribution in [2.24, 2.45) is 9.98 Å². The highest BCUT2D eigenvalue weighted by Gasteiger charge is 2.31. The number of nitrogens with zero attached hydrogens (tertiary/aromatic N) is 5. The van der Waals surface area contributed by atoms with Crippen LogP contribution in [0.4, 0.5) is 5.82 Å². The molecule has 0 N–H and O–H groups in total. The monoisotopic (exact) mass is 359 g/mol. The first-order valence-electron chi connectivity index (χ1n) is 8.07. The van der Waals surface area contributed by atoms with Crippen LogP contribution in [-0.2, 0) is 0 Å². The zero-order chi connectivity index (χ0) is 16.7. The first kappa shape index (κ1) is 15.7. The Kier molecular flexibility index (Phi) is 4.10. The van der Waals surface area contributed by atoms with Gasteiger partial charge in [-0.2, -0.15) is 5.10 Å². The van der Waals surface area contributed by atoms with Gasteiger partial charge in [0.25, 0.3) is 0 Å². The topological polar surface area (TPSA) is 45.8 Å². The van der Waals surface area contributed by atoms with Crippen molar-refractivity contribution in [1.82, 2.24) is 14.7 Å². The number of hydrogen-bond acceptors (Lipinski definition) is 5. The molecular formula is C17H18ClN5S. The van der Waals surface area contributed by atoms with Crippen molar-refractivity contribution < 1.29 is 0 Å². The van der Waals surface area contributed by atoms with Gasteiger partial charge in [-0.25, -0.2) is 9.67 Å². The van der Waals surface area contributed by atoms with Gasteiger partial charge in [-0.15, -0.1) is 0 Å². The standard InChI is InChI=1S/C17H18ClN5S/c1-3-24-17-21-16-13(15-19-7-4-8-22(15)17)10-20-23(16)12-6-5-11(2)14(18)9-12/h5-6,9-10H,3-4,7-8H2,1-2H3. The summed E-state index contributed by atoms with van der Waals surface area (Å²) < 4.78 is 1.85. The fourth-order valence-electron chi connectivity index (χ4n) is 2.92. The van der Waals surface area contributed by atoms with Crippen LogP contribution >= 0.6 is 23.4 Å². The van der Waals surface area contributed by atoms with Gasteiger partial charge in [-0.05, 0) is 36.8 Å². The van der Waals surface area contributed by atoms with E-state index in [4.69, 9.17) is 21.6 Å². The quantitative estimate of drug-likeness (QED) is 0.812. The predicted molar refractivity (Wildman–Crippen MR) is 101 cm³/mol. The number of thioether (sulfide) groups is 1. The molecule has 124 valence electrons. The van der Waals surface area contributed by atoms with Crippen LogP contribution in [0.1, 0.15) is 24.5 Å². The van der Waals surface area contributed by atoms with E-state index in [2.05, 4.69) is 16.9 Å². The molecule has 0 bridgehead atoms. The van der Waals surface area contributed by atoms with E-state index in [9.17, 15) is 0 Å². The van der Waals surface area contributed by atoms with Gasteiger partial charge in [0.05, 0.1) is 17.4 Å². The van der Waals surface area contributed by atoms with Gasteiger partial charge >= 0.3 is 0 Å². The van der Waals surface area contributed by atoms with Gasteiger partial charge in [-0.1, -0.05) is 36.4 Å². The Balaban J connectivity index is 1.86. The van der Waals surface area contributed by atoms with Crippen LogP contribution in [0.25, 0.3) is 5.69 Å². The molecule has 0 radical (unpaired) electrons. The van der Waals surface area contributed by atoms with Crippen LogP contribution in [0.2, 0.25) is 5.02 Å².